The Kier molecular flexibility index (Phi) is 5.39. The highest BCUT2D eigenvalue weighted by atomic mass is 16.2. The van der Waals surface area contributed by atoms with Gasteiger partial charge in [-0.15, -0.1) is 0 Å². The predicted octanol–water partition coefficient (Wildman–Crippen LogP) is 2.33. The molecule has 1 N–H and O–H groups in total. The molecular formula is C15H28N2O2. The molecule has 1 rings (SSSR count). The molecule has 0 bridgehead atoms. The number of piperazine rings is 1. The number of carbonyl (C=O) groups is 2. The summed E-state index contributed by atoms with van der Waals surface area (Å²) in [6.07, 6.45) is 3.50. The van der Waals surface area contributed by atoms with Gasteiger partial charge in [-0.2, -0.15) is 0 Å². The van der Waals surface area contributed by atoms with Crippen LogP contribution in [0.15, 0.2) is 0 Å². The van der Waals surface area contributed by atoms with Crippen molar-refractivity contribution in [1.82, 2.24) is 10.2 Å². The number of nitrogens with one attached hydrogen (secondary N) is 1. The largest absolute Gasteiger partial charge is 0.342 e. The summed E-state index contributed by atoms with van der Waals surface area (Å²) in [6, 6.07) is -0.346. The number of hydrogen-bond donors (Lipinski definition) is 1. The van der Waals surface area contributed by atoms with Crippen molar-refractivity contribution in [3.63, 3.8) is 0 Å². The van der Waals surface area contributed by atoms with Crippen LogP contribution in [0.25, 0.3) is 0 Å². The molecule has 4 heteroatoms. The topological polar surface area (TPSA) is 49.4 Å². The van der Waals surface area contributed by atoms with E-state index >= 15 is 0 Å². The van der Waals surface area contributed by atoms with Crippen LogP contribution in [0.5, 0.6) is 0 Å². The van der Waals surface area contributed by atoms with E-state index in [1.54, 1.807) is 0 Å². The van der Waals surface area contributed by atoms with Crippen LogP contribution in [0.3, 0.4) is 0 Å². The van der Waals surface area contributed by atoms with E-state index in [2.05, 4.69) is 19.2 Å². The van der Waals surface area contributed by atoms with Crippen molar-refractivity contribution >= 4 is 11.8 Å². The van der Waals surface area contributed by atoms with Crippen molar-refractivity contribution < 1.29 is 9.59 Å². The molecule has 1 fully saturated rings. The molecule has 0 aromatic heterocycles. The van der Waals surface area contributed by atoms with Gasteiger partial charge in [0.2, 0.25) is 11.8 Å². The predicted molar refractivity (Wildman–Crippen MR) is 76.7 cm³/mol. The van der Waals surface area contributed by atoms with Crippen LogP contribution in [0.1, 0.15) is 60.3 Å². The van der Waals surface area contributed by atoms with Crippen molar-refractivity contribution in [2.24, 2.45) is 5.92 Å². The lowest BCUT2D eigenvalue weighted by Gasteiger charge is -2.46. The molecule has 1 aliphatic rings. The molecule has 1 heterocycles. The molecule has 0 aliphatic carbocycles. The van der Waals surface area contributed by atoms with Gasteiger partial charge in [-0.25, -0.2) is 0 Å². The molecule has 110 valence electrons. The molecule has 0 radical (unpaired) electrons. The summed E-state index contributed by atoms with van der Waals surface area (Å²) >= 11 is 0. The fraction of sp³-hybridized carbons (Fsp3) is 0.867. The zero-order chi connectivity index (χ0) is 14.6. The van der Waals surface area contributed by atoms with E-state index in [1.165, 1.54) is 0 Å². The Balaban J connectivity index is 2.96. The van der Waals surface area contributed by atoms with Crippen LogP contribution in [-0.2, 0) is 9.59 Å². The maximum Gasteiger partial charge on any atom is 0.246 e. The summed E-state index contributed by atoms with van der Waals surface area (Å²) in [5.74, 6) is 0.503. The molecule has 2 amide bonds. The lowest BCUT2D eigenvalue weighted by atomic mass is 9.88. The number of nitrogens with zero attached hydrogens (tertiary/aromatic N) is 1. The maximum absolute atomic E-state index is 12.5. The standard InChI is InChI=1S/C15H28N2O2/c1-6-9-11(4)10-17-13(18)12(7-2)16-14(19)15(17,5)8-3/h11-12H,6-10H2,1-5H3,(H,16,19). The maximum atomic E-state index is 12.5. The Morgan fingerprint density at radius 1 is 1.32 bits per heavy atom. The molecule has 19 heavy (non-hydrogen) atoms. The van der Waals surface area contributed by atoms with E-state index < -0.39 is 5.54 Å². The van der Waals surface area contributed by atoms with Crippen LogP contribution in [0.2, 0.25) is 0 Å². The SMILES string of the molecule is CCCC(C)CN1C(=O)C(CC)NC(=O)C1(C)CC. The lowest BCUT2D eigenvalue weighted by molar-refractivity contribution is -0.157. The van der Waals surface area contributed by atoms with Crippen molar-refractivity contribution in [3.05, 3.63) is 0 Å². The Morgan fingerprint density at radius 2 is 1.95 bits per heavy atom. The van der Waals surface area contributed by atoms with E-state index in [9.17, 15) is 9.59 Å². The molecular weight excluding hydrogens is 240 g/mol. The second kappa shape index (κ2) is 6.40. The van der Waals surface area contributed by atoms with Crippen LogP contribution in [0.4, 0.5) is 0 Å². The van der Waals surface area contributed by atoms with Crippen molar-refractivity contribution in [1.29, 1.82) is 0 Å². The minimum Gasteiger partial charge on any atom is -0.342 e. The Hall–Kier alpha value is -1.06. The van der Waals surface area contributed by atoms with Gasteiger partial charge in [-0.1, -0.05) is 34.1 Å². The summed E-state index contributed by atoms with van der Waals surface area (Å²) in [7, 11) is 0. The first-order valence-corrected chi connectivity index (χ1v) is 7.53. The normalized spacial score (nSPS) is 29.3. The molecule has 3 unspecified atom stereocenters. The number of carbonyl (C=O) groups excluding carboxylic acids is 2. The molecule has 0 spiro atoms. The third-order valence-electron chi connectivity index (χ3n) is 4.33. The Morgan fingerprint density at radius 3 is 2.42 bits per heavy atom. The lowest BCUT2D eigenvalue weighted by Crippen LogP contribution is -2.69. The zero-order valence-corrected chi connectivity index (χ0v) is 13.0. The summed E-state index contributed by atoms with van der Waals surface area (Å²) in [5.41, 5.74) is -0.690. The molecule has 0 aromatic carbocycles. The van der Waals surface area contributed by atoms with Crippen LogP contribution in [0, 0.1) is 5.92 Å². The number of amides is 2. The third-order valence-corrected chi connectivity index (χ3v) is 4.33. The van der Waals surface area contributed by atoms with Gasteiger partial charge in [0, 0.05) is 6.54 Å². The number of rotatable bonds is 6. The second-order valence-corrected chi connectivity index (χ2v) is 5.90. The summed E-state index contributed by atoms with van der Waals surface area (Å²) < 4.78 is 0. The molecule has 0 saturated carbocycles. The van der Waals surface area contributed by atoms with E-state index in [0.29, 0.717) is 25.3 Å². The molecule has 3 atom stereocenters. The molecule has 1 saturated heterocycles. The zero-order valence-electron chi connectivity index (χ0n) is 13.0. The monoisotopic (exact) mass is 268 g/mol. The molecule has 0 aromatic rings. The minimum atomic E-state index is -0.690. The highest BCUT2D eigenvalue weighted by Crippen LogP contribution is 2.27. The van der Waals surface area contributed by atoms with Crippen molar-refractivity contribution in [3.8, 4) is 0 Å². The molecule has 1 aliphatic heterocycles. The minimum absolute atomic E-state index is 0.00912. The van der Waals surface area contributed by atoms with E-state index in [-0.39, 0.29) is 17.9 Å². The van der Waals surface area contributed by atoms with Gasteiger partial charge in [0.15, 0.2) is 0 Å². The van der Waals surface area contributed by atoms with Gasteiger partial charge < -0.3 is 10.2 Å². The fourth-order valence-corrected chi connectivity index (χ4v) is 2.74. The van der Waals surface area contributed by atoms with Gasteiger partial charge in [0.05, 0.1) is 0 Å². The highest BCUT2D eigenvalue weighted by Gasteiger charge is 2.47. The van der Waals surface area contributed by atoms with Gasteiger partial charge in [-0.3, -0.25) is 9.59 Å². The van der Waals surface area contributed by atoms with Gasteiger partial charge in [0.1, 0.15) is 11.6 Å². The van der Waals surface area contributed by atoms with Gasteiger partial charge in [-0.05, 0) is 32.1 Å². The number of hydrogen-bond acceptors (Lipinski definition) is 2. The fourth-order valence-electron chi connectivity index (χ4n) is 2.74. The average molecular weight is 268 g/mol. The van der Waals surface area contributed by atoms with Gasteiger partial charge >= 0.3 is 0 Å². The Labute approximate surface area is 116 Å². The van der Waals surface area contributed by atoms with Gasteiger partial charge in [0.25, 0.3) is 0 Å². The molecule has 4 nitrogen and oxygen atoms in total. The first-order valence-electron chi connectivity index (χ1n) is 7.53. The van der Waals surface area contributed by atoms with Crippen LogP contribution >= 0.6 is 0 Å². The average Bonchev–Trinajstić information content (AvgIpc) is 2.39. The van der Waals surface area contributed by atoms with Crippen LogP contribution in [-0.4, -0.2) is 34.8 Å². The quantitative estimate of drug-likeness (QED) is 0.803. The van der Waals surface area contributed by atoms with E-state index in [0.717, 1.165) is 12.8 Å². The van der Waals surface area contributed by atoms with Crippen molar-refractivity contribution in [2.45, 2.75) is 71.9 Å². The van der Waals surface area contributed by atoms with E-state index in [4.69, 9.17) is 0 Å². The summed E-state index contributed by atoms with van der Waals surface area (Å²) in [5, 5.41) is 2.86. The second-order valence-electron chi connectivity index (χ2n) is 5.90. The summed E-state index contributed by atoms with van der Waals surface area (Å²) in [4.78, 5) is 26.7. The first kappa shape index (κ1) is 16.0. The Bertz CT molecular complexity index is 343. The van der Waals surface area contributed by atoms with Crippen LogP contribution < -0.4 is 5.32 Å². The van der Waals surface area contributed by atoms with E-state index in [1.807, 2.05) is 25.7 Å². The van der Waals surface area contributed by atoms with Crippen molar-refractivity contribution in [2.75, 3.05) is 6.54 Å². The highest BCUT2D eigenvalue weighted by molar-refractivity contribution is 5.99. The third kappa shape index (κ3) is 3.10. The smallest absolute Gasteiger partial charge is 0.246 e. The summed E-state index contributed by atoms with van der Waals surface area (Å²) in [6.45, 7) is 10.8. The first-order chi connectivity index (χ1) is 8.90.